The van der Waals surface area contributed by atoms with Crippen LogP contribution in [0.3, 0.4) is 0 Å². The zero-order valence-electron chi connectivity index (χ0n) is 9.46. The number of ether oxygens (including phenoxy) is 1. The minimum absolute atomic E-state index is 0.0563. The molecule has 0 radical (unpaired) electrons. The molecule has 16 heavy (non-hydrogen) atoms. The summed E-state index contributed by atoms with van der Waals surface area (Å²) in [6.07, 6.45) is 0. The average molecular weight is 228 g/mol. The van der Waals surface area contributed by atoms with Crippen LogP contribution in [0.15, 0.2) is 12.1 Å². The Kier molecular flexibility index (Phi) is 4.37. The van der Waals surface area contributed by atoms with E-state index in [-0.39, 0.29) is 18.2 Å². The monoisotopic (exact) mass is 228 g/mol. The van der Waals surface area contributed by atoms with Gasteiger partial charge in [0.2, 0.25) is 0 Å². The standard InChI is InChI=1S/C11H17FN2O2/c1-7(6-15)5-14-10-4-11(16-2)9(13)3-8(10)12/h3-4,7,14-15H,5-6,13H2,1-2H3. The summed E-state index contributed by atoms with van der Waals surface area (Å²) < 4.78 is 18.5. The van der Waals surface area contributed by atoms with E-state index in [1.807, 2.05) is 6.92 Å². The fourth-order valence-corrected chi connectivity index (χ4v) is 1.23. The van der Waals surface area contributed by atoms with Crippen LogP contribution < -0.4 is 15.8 Å². The van der Waals surface area contributed by atoms with Gasteiger partial charge in [-0.25, -0.2) is 4.39 Å². The maximum absolute atomic E-state index is 13.5. The number of halogens is 1. The van der Waals surface area contributed by atoms with E-state index in [2.05, 4.69) is 5.32 Å². The van der Waals surface area contributed by atoms with Crippen LogP contribution in [-0.4, -0.2) is 25.4 Å². The molecule has 0 aliphatic carbocycles. The molecule has 1 rings (SSSR count). The number of rotatable bonds is 5. The number of nitrogens with one attached hydrogen (secondary N) is 1. The van der Waals surface area contributed by atoms with Gasteiger partial charge in [0, 0.05) is 25.3 Å². The smallest absolute Gasteiger partial charge is 0.148 e. The SMILES string of the molecule is COc1cc(NCC(C)CO)c(F)cc1N. The van der Waals surface area contributed by atoms with E-state index in [1.165, 1.54) is 19.2 Å². The number of nitrogen functional groups attached to an aromatic ring is 1. The van der Waals surface area contributed by atoms with E-state index in [1.54, 1.807) is 0 Å². The van der Waals surface area contributed by atoms with Crippen LogP contribution in [0.2, 0.25) is 0 Å². The lowest BCUT2D eigenvalue weighted by atomic mass is 10.2. The molecular formula is C11H17FN2O2. The summed E-state index contributed by atoms with van der Waals surface area (Å²) in [4.78, 5) is 0. The minimum Gasteiger partial charge on any atom is -0.495 e. The van der Waals surface area contributed by atoms with E-state index in [0.717, 1.165) is 0 Å². The Labute approximate surface area is 94.2 Å². The number of benzene rings is 1. The van der Waals surface area contributed by atoms with Crippen molar-refractivity contribution in [3.05, 3.63) is 17.9 Å². The van der Waals surface area contributed by atoms with Crippen molar-refractivity contribution in [2.24, 2.45) is 5.92 Å². The van der Waals surface area contributed by atoms with Crippen LogP contribution >= 0.6 is 0 Å². The summed E-state index contributed by atoms with van der Waals surface area (Å²) in [5.74, 6) is 0.0620. The average Bonchev–Trinajstić information content (AvgIpc) is 2.27. The Morgan fingerprint density at radius 1 is 1.56 bits per heavy atom. The number of anilines is 2. The van der Waals surface area contributed by atoms with Crippen molar-refractivity contribution >= 4 is 11.4 Å². The van der Waals surface area contributed by atoms with Crippen molar-refractivity contribution < 1.29 is 14.2 Å². The fourth-order valence-electron chi connectivity index (χ4n) is 1.23. The molecule has 4 N–H and O–H groups in total. The molecule has 0 amide bonds. The predicted molar refractivity (Wildman–Crippen MR) is 62.1 cm³/mol. The Morgan fingerprint density at radius 3 is 2.81 bits per heavy atom. The molecule has 5 heteroatoms. The molecule has 1 aromatic carbocycles. The summed E-state index contributed by atoms with van der Waals surface area (Å²) in [5.41, 5.74) is 6.14. The van der Waals surface area contributed by atoms with Gasteiger partial charge < -0.3 is 20.9 Å². The quantitative estimate of drug-likeness (QED) is 0.667. The highest BCUT2D eigenvalue weighted by atomic mass is 19.1. The van der Waals surface area contributed by atoms with Crippen molar-refractivity contribution in [1.82, 2.24) is 0 Å². The topological polar surface area (TPSA) is 67.5 Å². The molecule has 1 aromatic rings. The van der Waals surface area contributed by atoms with Crippen LogP contribution in [0.25, 0.3) is 0 Å². The van der Waals surface area contributed by atoms with E-state index in [4.69, 9.17) is 15.6 Å². The second-order valence-corrected chi connectivity index (χ2v) is 3.74. The summed E-state index contributed by atoms with van der Waals surface area (Å²) in [5, 5.41) is 11.7. The van der Waals surface area contributed by atoms with Crippen molar-refractivity contribution in [2.75, 3.05) is 31.3 Å². The molecule has 0 aromatic heterocycles. The normalized spacial score (nSPS) is 12.2. The fraction of sp³-hybridized carbons (Fsp3) is 0.455. The highest BCUT2D eigenvalue weighted by Gasteiger charge is 2.09. The molecule has 90 valence electrons. The van der Waals surface area contributed by atoms with Gasteiger partial charge in [-0.2, -0.15) is 0 Å². The van der Waals surface area contributed by atoms with Gasteiger partial charge in [0.25, 0.3) is 0 Å². The number of methoxy groups -OCH3 is 1. The van der Waals surface area contributed by atoms with Crippen LogP contribution in [0, 0.1) is 11.7 Å². The van der Waals surface area contributed by atoms with Gasteiger partial charge in [0.15, 0.2) is 0 Å². The van der Waals surface area contributed by atoms with Gasteiger partial charge in [-0.05, 0) is 5.92 Å². The lowest BCUT2D eigenvalue weighted by molar-refractivity contribution is 0.244. The Bertz CT molecular complexity index is 358. The van der Waals surface area contributed by atoms with Gasteiger partial charge in [0.05, 0.1) is 18.5 Å². The predicted octanol–water partition coefficient (Wildman–Crippen LogP) is 1.46. The van der Waals surface area contributed by atoms with Gasteiger partial charge >= 0.3 is 0 Å². The van der Waals surface area contributed by atoms with Crippen LogP contribution in [-0.2, 0) is 0 Å². The van der Waals surface area contributed by atoms with Crippen molar-refractivity contribution in [3.63, 3.8) is 0 Å². The lowest BCUT2D eigenvalue weighted by Crippen LogP contribution is -2.15. The number of aliphatic hydroxyl groups excluding tert-OH is 1. The van der Waals surface area contributed by atoms with Crippen molar-refractivity contribution in [2.45, 2.75) is 6.92 Å². The molecule has 1 atom stereocenters. The molecule has 0 fully saturated rings. The highest BCUT2D eigenvalue weighted by Crippen LogP contribution is 2.28. The zero-order chi connectivity index (χ0) is 12.1. The molecule has 4 nitrogen and oxygen atoms in total. The highest BCUT2D eigenvalue weighted by molar-refractivity contribution is 5.62. The molecule has 0 saturated heterocycles. The molecule has 0 heterocycles. The van der Waals surface area contributed by atoms with E-state index in [9.17, 15) is 4.39 Å². The van der Waals surface area contributed by atoms with Crippen molar-refractivity contribution in [3.8, 4) is 5.75 Å². The number of nitrogens with two attached hydrogens (primary N) is 1. The van der Waals surface area contributed by atoms with Crippen LogP contribution in [0.1, 0.15) is 6.92 Å². The third-order valence-electron chi connectivity index (χ3n) is 2.27. The Hall–Kier alpha value is -1.49. The molecule has 0 bridgehead atoms. The van der Waals surface area contributed by atoms with E-state index in [0.29, 0.717) is 18.0 Å². The maximum Gasteiger partial charge on any atom is 0.148 e. The summed E-state index contributed by atoms with van der Waals surface area (Å²) in [6.45, 7) is 2.40. The van der Waals surface area contributed by atoms with E-state index < -0.39 is 5.82 Å². The first-order valence-electron chi connectivity index (χ1n) is 5.06. The lowest BCUT2D eigenvalue weighted by Gasteiger charge is -2.13. The minimum atomic E-state index is -0.427. The summed E-state index contributed by atoms with van der Waals surface area (Å²) in [6, 6.07) is 2.72. The van der Waals surface area contributed by atoms with Gasteiger partial charge in [-0.3, -0.25) is 0 Å². The molecule has 0 saturated carbocycles. The zero-order valence-corrected chi connectivity index (χ0v) is 9.46. The van der Waals surface area contributed by atoms with Crippen molar-refractivity contribution in [1.29, 1.82) is 0 Å². The second kappa shape index (κ2) is 5.55. The van der Waals surface area contributed by atoms with Gasteiger partial charge in [-0.1, -0.05) is 6.92 Å². The Balaban J connectivity index is 2.79. The summed E-state index contributed by atoms with van der Waals surface area (Å²) in [7, 11) is 1.48. The molecule has 1 unspecified atom stereocenters. The van der Waals surface area contributed by atoms with Gasteiger partial charge in [0.1, 0.15) is 11.6 Å². The Morgan fingerprint density at radius 2 is 2.25 bits per heavy atom. The number of aliphatic hydroxyl groups is 1. The third kappa shape index (κ3) is 3.00. The maximum atomic E-state index is 13.5. The largest absolute Gasteiger partial charge is 0.495 e. The van der Waals surface area contributed by atoms with Crippen LogP contribution in [0.5, 0.6) is 5.75 Å². The van der Waals surface area contributed by atoms with Gasteiger partial charge in [-0.15, -0.1) is 0 Å². The first-order valence-corrected chi connectivity index (χ1v) is 5.06. The number of hydrogen-bond acceptors (Lipinski definition) is 4. The molecular weight excluding hydrogens is 211 g/mol. The summed E-state index contributed by atoms with van der Waals surface area (Å²) >= 11 is 0. The second-order valence-electron chi connectivity index (χ2n) is 3.74. The number of hydrogen-bond donors (Lipinski definition) is 3. The first-order chi connectivity index (χ1) is 7.58. The van der Waals surface area contributed by atoms with E-state index >= 15 is 0 Å². The first kappa shape index (κ1) is 12.6. The molecule has 0 spiro atoms. The molecule has 0 aliphatic rings. The molecule has 0 aliphatic heterocycles. The van der Waals surface area contributed by atoms with Crippen LogP contribution in [0.4, 0.5) is 15.8 Å². The third-order valence-corrected chi connectivity index (χ3v) is 2.27.